The number of rotatable bonds is 2. The Morgan fingerprint density at radius 2 is 1.00 bits per heavy atom. The molecule has 0 atom stereocenters. The van der Waals surface area contributed by atoms with Gasteiger partial charge in [-0.05, 0) is 11.1 Å². The molecule has 2 rings (SSSR count). The molecule has 2 aliphatic carbocycles. The van der Waals surface area contributed by atoms with Gasteiger partial charge in [0.1, 0.15) is 0 Å². The molecule has 0 aromatic carbocycles. The smallest absolute Gasteiger partial charge is 0.0512 e. The van der Waals surface area contributed by atoms with E-state index in [1.54, 1.807) is 51.4 Å². The summed E-state index contributed by atoms with van der Waals surface area (Å²) in [5, 5.41) is 0. The Balaban J connectivity index is 1.82. The van der Waals surface area contributed by atoms with Crippen molar-refractivity contribution < 1.29 is 0 Å². The average molecular weight is 209 g/mol. The van der Waals surface area contributed by atoms with Crippen LogP contribution >= 0.6 is 0 Å². The Bertz CT molecular complexity index is 137. The fourth-order valence-electron chi connectivity index (χ4n) is 3.45. The van der Waals surface area contributed by atoms with Gasteiger partial charge >= 0.3 is 0 Å². The Labute approximate surface area is 91.1 Å². The van der Waals surface area contributed by atoms with E-state index in [0.717, 1.165) is 0 Å². The summed E-state index contributed by atoms with van der Waals surface area (Å²) in [5.41, 5.74) is 2.38. The van der Waals surface area contributed by atoms with Crippen LogP contribution in [0.5, 0.6) is 0 Å². The zero-order chi connectivity index (χ0) is 9.80. The summed E-state index contributed by atoms with van der Waals surface area (Å²) < 4.78 is 0. The first-order valence-electron chi connectivity index (χ1n) is 6.71. The number of hydrogen-bond acceptors (Lipinski definition) is 0. The standard InChI is InChI=1S/C13H25Si/c1-14(12-8-4-2-5-9-12)13-10-6-3-7-11-13/h12-13H,2-11H2,1H3. The maximum absolute atomic E-state index is 2.65. The molecule has 0 aromatic heterocycles. The van der Waals surface area contributed by atoms with Crippen LogP contribution in [0.2, 0.25) is 17.6 Å². The topological polar surface area (TPSA) is 0 Å². The van der Waals surface area contributed by atoms with E-state index in [0.29, 0.717) is 0 Å². The van der Waals surface area contributed by atoms with Crippen molar-refractivity contribution in [1.82, 2.24) is 0 Å². The van der Waals surface area contributed by atoms with Crippen LogP contribution in [0.4, 0.5) is 0 Å². The van der Waals surface area contributed by atoms with E-state index in [-0.39, 0.29) is 8.80 Å². The zero-order valence-corrected chi connectivity index (χ0v) is 10.7. The lowest BCUT2D eigenvalue weighted by atomic mass is 9.99. The fraction of sp³-hybridized carbons (Fsp3) is 1.00. The first kappa shape index (κ1) is 10.7. The van der Waals surface area contributed by atoms with Gasteiger partial charge in [-0.3, -0.25) is 0 Å². The van der Waals surface area contributed by atoms with Crippen molar-refractivity contribution in [2.24, 2.45) is 0 Å². The predicted molar refractivity (Wildman–Crippen MR) is 65.3 cm³/mol. The van der Waals surface area contributed by atoms with Crippen LogP contribution in [0.1, 0.15) is 64.2 Å². The zero-order valence-electron chi connectivity index (χ0n) is 9.73. The second kappa shape index (κ2) is 5.34. The van der Waals surface area contributed by atoms with E-state index >= 15 is 0 Å². The highest BCUT2D eigenvalue weighted by Gasteiger charge is 2.29. The molecule has 81 valence electrons. The van der Waals surface area contributed by atoms with Crippen LogP contribution in [0.3, 0.4) is 0 Å². The summed E-state index contributed by atoms with van der Waals surface area (Å²) in [6.07, 6.45) is 15.6. The van der Waals surface area contributed by atoms with Crippen LogP contribution in [0.15, 0.2) is 0 Å². The summed E-state index contributed by atoms with van der Waals surface area (Å²) >= 11 is 0. The van der Waals surface area contributed by atoms with Gasteiger partial charge in [-0.25, -0.2) is 0 Å². The third kappa shape index (κ3) is 2.62. The summed E-state index contributed by atoms with van der Waals surface area (Å²) in [4.78, 5) is 0. The quantitative estimate of drug-likeness (QED) is 0.574. The molecule has 0 spiro atoms. The van der Waals surface area contributed by atoms with Crippen LogP contribution < -0.4 is 0 Å². The minimum atomic E-state index is 0.00912. The lowest BCUT2D eigenvalue weighted by molar-refractivity contribution is 0.463. The molecule has 1 heteroatoms. The van der Waals surface area contributed by atoms with Gasteiger partial charge in [-0.15, -0.1) is 0 Å². The van der Waals surface area contributed by atoms with Crippen LogP contribution in [-0.2, 0) is 0 Å². The lowest BCUT2D eigenvalue weighted by Gasteiger charge is -2.34. The molecule has 0 nitrogen and oxygen atoms in total. The number of hydrogen-bond donors (Lipinski definition) is 0. The van der Waals surface area contributed by atoms with E-state index < -0.39 is 0 Å². The Morgan fingerprint density at radius 1 is 0.643 bits per heavy atom. The molecule has 0 aromatic rings. The third-order valence-electron chi connectivity index (χ3n) is 4.50. The van der Waals surface area contributed by atoms with Gasteiger partial charge < -0.3 is 0 Å². The van der Waals surface area contributed by atoms with Crippen LogP contribution in [-0.4, -0.2) is 8.80 Å². The molecule has 1 radical (unpaired) electrons. The first-order valence-corrected chi connectivity index (χ1v) is 8.87. The van der Waals surface area contributed by atoms with Crippen LogP contribution in [0, 0.1) is 0 Å². The largest absolute Gasteiger partial charge is 0.0707 e. The Hall–Kier alpha value is 0.217. The van der Waals surface area contributed by atoms with Crippen molar-refractivity contribution in [3.8, 4) is 0 Å². The fourth-order valence-corrected chi connectivity index (χ4v) is 6.75. The van der Waals surface area contributed by atoms with E-state index in [4.69, 9.17) is 0 Å². The highest BCUT2D eigenvalue weighted by atomic mass is 28.3. The van der Waals surface area contributed by atoms with Gasteiger partial charge in [-0.2, -0.15) is 0 Å². The minimum absolute atomic E-state index is 0.00912. The Morgan fingerprint density at radius 3 is 1.36 bits per heavy atom. The molecule has 0 saturated heterocycles. The molecule has 0 amide bonds. The molecule has 0 aliphatic heterocycles. The SMILES string of the molecule is C[Si](C1CCCCC1)C1CCCCC1. The van der Waals surface area contributed by atoms with Crippen LogP contribution in [0.25, 0.3) is 0 Å². The second-order valence-corrected chi connectivity index (χ2v) is 8.53. The Kier molecular flexibility index (Phi) is 4.09. The summed E-state index contributed by atoms with van der Waals surface area (Å²) in [6, 6.07) is 0. The molecule has 14 heavy (non-hydrogen) atoms. The van der Waals surface area contributed by atoms with Gasteiger partial charge in [0.15, 0.2) is 0 Å². The van der Waals surface area contributed by atoms with Crippen molar-refractivity contribution >= 4 is 8.80 Å². The molecule has 2 aliphatic rings. The predicted octanol–water partition coefficient (Wildman–Crippen LogP) is 4.78. The molecule has 0 unspecified atom stereocenters. The van der Waals surface area contributed by atoms with Crippen molar-refractivity contribution in [3.05, 3.63) is 0 Å². The molecule has 0 N–H and O–H groups in total. The maximum atomic E-state index is 2.65. The molecular formula is C13H25Si. The van der Waals surface area contributed by atoms with Crippen molar-refractivity contribution in [1.29, 1.82) is 0 Å². The van der Waals surface area contributed by atoms with E-state index in [9.17, 15) is 0 Å². The summed E-state index contributed by atoms with van der Waals surface area (Å²) in [5.74, 6) is 0. The van der Waals surface area contributed by atoms with Gasteiger partial charge in [0.05, 0.1) is 8.80 Å². The molecule has 0 heterocycles. The normalized spacial score (nSPS) is 27.0. The second-order valence-electron chi connectivity index (χ2n) is 5.41. The van der Waals surface area contributed by atoms with Crippen molar-refractivity contribution in [2.45, 2.75) is 81.8 Å². The first-order chi connectivity index (χ1) is 6.88. The van der Waals surface area contributed by atoms with E-state index in [1.165, 1.54) is 23.9 Å². The van der Waals surface area contributed by atoms with Crippen molar-refractivity contribution in [2.75, 3.05) is 0 Å². The average Bonchev–Trinajstić information content (AvgIpc) is 2.30. The van der Waals surface area contributed by atoms with Gasteiger partial charge in [0.2, 0.25) is 0 Å². The molecular weight excluding hydrogens is 184 g/mol. The lowest BCUT2D eigenvalue weighted by Crippen LogP contribution is -2.26. The molecule has 2 fully saturated rings. The van der Waals surface area contributed by atoms with Gasteiger partial charge in [-0.1, -0.05) is 70.8 Å². The highest BCUT2D eigenvalue weighted by molar-refractivity contribution is 6.60. The highest BCUT2D eigenvalue weighted by Crippen LogP contribution is 2.40. The minimum Gasteiger partial charge on any atom is -0.0707 e. The molecule has 0 bridgehead atoms. The van der Waals surface area contributed by atoms with Gasteiger partial charge in [0.25, 0.3) is 0 Å². The van der Waals surface area contributed by atoms with Gasteiger partial charge in [0, 0.05) is 0 Å². The third-order valence-corrected chi connectivity index (χ3v) is 8.23. The monoisotopic (exact) mass is 209 g/mol. The maximum Gasteiger partial charge on any atom is 0.0512 e. The van der Waals surface area contributed by atoms with Crippen molar-refractivity contribution in [3.63, 3.8) is 0 Å². The molecule has 2 saturated carbocycles. The van der Waals surface area contributed by atoms with E-state index in [2.05, 4.69) is 6.55 Å². The van der Waals surface area contributed by atoms with E-state index in [1.807, 2.05) is 0 Å². The summed E-state index contributed by atoms with van der Waals surface area (Å²) in [7, 11) is 0.00912. The summed E-state index contributed by atoms with van der Waals surface area (Å²) in [6.45, 7) is 2.65.